The largest absolute Gasteiger partial charge is 0.507 e. The van der Waals surface area contributed by atoms with E-state index < -0.39 is 6.04 Å². The van der Waals surface area contributed by atoms with E-state index >= 15 is 0 Å². The quantitative estimate of drug-likeness (QED) is 0.720. The molecule has 0 fully saturated rings. The third-order valence-electron chi connectivity index (χ3n) is 1.89. The Bertz CT molecular complexity index is 315. The number of aromatic hydroxyl groups is 1. The molecule has 4 N–H and O–H groups in total. The molecule has 0 unspecified atom stereocenters. The minimum absolute atomic E-state index is 0.160. The number of hydrogen-bond donors (Lipinski definition) is 3. The van der Waals surface area contributed by atoms with Crippen LogP contribution in [0.4, 0.5) is 0 Å². The highest BCUT2D eigenvalue weighted by atomic mass is 127. The molecule has 4 heteroatoms. The van der Waals surface area contributed by atoms with Crippen molar-refractivity contribution in [2.45, 2.75) is 13.0 Å². The van der Waals surface area contributed by atoms with E-state index in [1.54, 1.807) is 6.07 Å². The summed E-state index contributed by atoms with van der Waals surface area (Å²) in [5.74, 6) is 0.182. The number of phenols is 1. The number of hydrogen-bond acceptors (Lipinski definition) is 3. The molecule has 3 nitrogen and oxygen atoms in total. The molecular formula is C9H12INO2. The van der Waals surface area contributed by atoms with Crippen LogP contribution in [-0.2, 0) is 0 Å². The van der Waals surface area contributed by atoms with Crippen LogP contribution in [0.3, 0.4) is 0 Å². The zero-order chi connectivity index (χ0) is 10.0. The first-order chi connectivity index (χ1) is 6.06. The molecule has 0 spiro atoms. The first kappa shape index (κ1) is 10.7. The first-order valence-electron chi connectivity index (χ1n) is 3.91. The Morgan fingerprint density at radius 1 is 1.54 bits per heavy atom. The van der Waals surface area contributed by atoms with Crippen molar-refractivity contribution < 1.29 is 10.2 Å². The van der Waals surface area contributed by atoms with Gasteiger partial charge in [-0.3, -0.25) is 0 Å². The number of aliphatic hydroxyl groups is 1. The van der Waals surface area contributed by atoms with Gasteiger partial charge in [0.15, 0.2) is 0 Å². The van der Waals surface area contributed by atoms with Gasteiger partial charge in [0, 0.05) is 9.13 Å². The van der Waals surface area contributed by atoms with Gasteiger partial charge >= 0.3 is 0 Å². The van der Waals surface area contributed by atoms with Crippen LogP contribution >= 0.6 is 22.6 Å². The van der Waals surface area contributed by atoms with Gasteiger partial charge in [0.2, 0.25) is 0 Å². The van der Waals surface area contributed by atoms with E-state index in [1.165, 1.54) is 0 Å². The van der Waals surface area contributed by atoms with Crippen molar-refractivity contribution in [1.29, 1.82) is 0 Å². The van der Waals surface area contributed by atoms with E-state index in [4.69, 9.17) is 10.8 Å². The first-order valence-corrected chi connectivity index (χ1v) is 4.99. The lowest BCUT2D eigenvalue weighted by molar-refractivity contribution is 0.265. The molecule has 1 rings (SSSR count). The minimum Gasteiger partial charge on any atom is -0.507 e. The average Bonchev–Trinajstić information content (AvgIpc) is 2.10. The van der Waals surface area contributed by atoms with E-state index in [1.807, 2.05) is 13.0 Å². The molecule has 0 radical (unpaired) electrons. The third-order valence-corrected chi connectivity index (χ3v) is 2.51. The van der Waals surface area contributed by atoms with Crippen LogP contribution in [0.15, 0.2) is 12.1 Å². The Kier molecular flexibility index (Phi) is 3.52. The summed E-state index contributed by atoms with van der Waals surface area (Å²) in [4.78, 5) is 0. The fourth-order valence-electron chi connectivity index (χ4n) is 1.14. The molecule has 0 aliphatic rings. The Morgan fingerprint density at radius 3 is 2.69 bits per heavy atom. The SMILES string of the molecule is Cc1cc(I)cc([C@H](N)CO)c1O. The molecule has 0 heterocycles. The van der Waals surface area contributed by atoms with E-state index in [9.17, 15) is 5.11 Å². The van der Waals surface area contributed by atoms with Crippen LogP contribution in [-0.4, -0.2) is 16.8 Å². The van der Waals surface area contributed by atoms with Crippen molar-refractivity contribution in [1.82, 2.24) is 0 Å². The summed E-state index contributed by atoms with van der Waals surface area (Å²) in [7, 11) is 0. The predicted octanol–water partition coefficient (Wildman–Crippen LogP) is 1.30. The molecule has 0 saturated heterocycles. The lowest BCUT2D eigenvalue weighted by Crippen LogP contribution is -2.15. The molecule has 1 aromatic rings. The van der Waals surface area contributed by atoms with Gasteiger partial charge in [-0.05, 0) is 47.2 Å². The lowest BCUT2D eigenvalue weighted by atomic mass is 10.0. The molecule has 72 valence electrons. The van der Waals surface area contributed by atoms with Gasteiger partial charge in [0.1, 0.15) is 5.75 Å². The number of phenolic OH excluding ortho intramolecular Hbond substituents is 1. The topological polar surface area (TPSA) is 66.5 Å². The summed E-state index contributed by atoms with van der Waals surface area (Å²) < 4.78 is 1.01. The predicted molar refractivity (Wildman–Crippen MR) is 59.6 cm³/mol. The molecule has 0 amide bonds. The molecular weight excluding hydrogens is 281 g/mol. The summed E-state index contributed by atoms with van der Waals surface area (Å²) in [6, 6.07) is 3.14. The Balaban J connectivity index is 3.20. The number of rotatable bonds is 2. The molecule has 0 bridgehead atoms. The molecule has 0 saturated carbocycles. The van der Waals surface area contributed by atoms with Crippen molar-refractivity contribution in [2.24, 2.45) is 5.73 Å². The maximum Gasteiger partial charge on any atom is 0.123 e. The van der Waals surface area contributed by atoms with Crippen LogP contribution in [0.1, 0.15) is 17.2 Å². The lowest BCUT2D eigenvalue weighted by Gasteiger charge is -2.12. The number of benzene rings is 1. The monoisotopic (exact) mass is 293 g/mol. The standard InChI is InChI=1S/C9H12INO2/c1-5-2-6(10)3-7(9(5)13)8(11)4-12/h2-3,8,12-13H,4,11H2,1H3/t8-/m1/s1. The van der Waals surface area contributed by atoms with E-state index in [0.717, 1.165) is 9.13 Å². The maximum absolute atomic E-state index is 9.63. The Morgan fingerprint density at radius 2 is 2.15 bits per heavy atom. The van der Waals surface area contributed by atoms with Crippen molar-refractivity contribution in [2.75, 3.05) is 6.61 Å². The van der Waals surface area contributed by atoms with Gasteiger partial charge in [0.25, 0.3) is 0 Å². The molecule has 0 aromatic heterocycles. The summed E-state index contributed by atoms with van der Waals surface area (Å²) in [5, 5.41) is 18.5. The second-order valence-corrected chi connectivity index (χ2v) is 4.20. The highest BCUT2D eigenvalue weighted by Crippen LogP contribution is 2.28. The maximum atomic E-state index is 9.63. The summed E-state index contributed by atoms with van der Waals surface area (Å²) in [5.41, 5.74) is 7.01. The van der Waals surface area contributed by atoms with Crippen molar-refractivity contribution >= 4 is 22.6 Å². The van der Waals surface area contributed by atoms with E-state index in [0.29, 0.717) is 5.56 Å². The zero-order valence-corrected chi connectivity index (χ0v) is 9.45. The van der Waals surface area contributed by atoms with Crippen LogP contribution in [0.5, 0.6) is 5.75 Å². The number of halogens is 1. The average molecular weight is 293 g/mol. The van der Waals surface area contributed by atoms with Crippen LogP contribution in [0, 0.1) is 10.5 Å². The zero-order valence-electron chi connectivity index (χ0n) is 7.29. The van der Waals surface area contributed by atoms with E-state index in [2.05, 4.69) is 22.6 Å². The van der Waals surface area contributed by atoms with Crippen molar-refractivity contribution in [3.63, 3.8) is 0 Å². The van der Waals surface area contributed by atoms with Gasteiger partial charge in [-0.1, -0.05) is 0 Å². The van der Waals surface area contributed by atoms with Gasteiger partial charge in [-0.2, -0.15) is 0 Å². The number of aryl methyl sites for hydroxylation is 1. The van der Waals surface area contributed by atoms with Gasteiger partial charge in [-0.15, -0.1) is 0 Å². The van der Waals surface area contributed by atoms with E-state index in [-0.39, 0.29) is 12.4 Å². The minimum atomic E-state index is -0.506. The second kappa shape index (κ2) is 4.26. The second-order valence-electron chi connectivity index (χ2n) is 2.95. The summed E-state index contributed by atoms with van der Waals surface area (Å²) >= 11 is 2.15. The highest BCUT2D eigenvalue weighted by Gasteiger charge is 2.12. The van der Waals surface area contributed by atoms with Crippen molar-refractivity contribution in [3.05, 3.63) is 26.8 Å². The van der Waals surface area contributed by atoms with Gasteiger partial charge in [0.05, 0.1) is 12.6 Å². The molecule has 1 atom stereocenters. The number of nitrogens with two attached hydrogens (primary N) is 1. The summed E-state index contributed by atoms with van der Waals surface area (Å²) in [6.45, 7) is 1.65. The third kappa shape index (κ3) is 2.32. The summed E-state index contributed by atoms with van der Waals surface area (Å²) in [6.07, 6.45) is 0. The van der Waals surface area contributed by atoms with Crippen molar-refractivity contribution in [3.8, 4) is 5.75 Å². The number of aliphatic hydroxyl groups excluding tert-OH is 1. The Labute approximate surface area is 90.7 Å². The molecule has 0 aliphatic carbocycles. The molecule has 13 heavy (non-hydrogen) atoms. The van der Waals surface area contributed by atoms with Crippen LogP contribution in [0.2, 0.25) is 0 Å². The fourth-order valence-corrected chi connectivity index (χ4v) is 1.95. The van der Waals surface area contributed by atoms with Crippen LogP contribution in [0.25, 0.3) is 0 Å². The van der Waals surface area contributed by atoms with Gasteiger partial charge < -0.3 is 15.9 Å². The molecule has 1 aromatic carbocycles. The normalized spacial score (nSPS) is 12.9. The molecule has 0 aliphatic heterocycles. The van der Waals surface area contributed by atoms with Crippen LogP contribution < -0.4 is 5.73 Å². The van der Waals surface area contributed by atoms with Gasteiger partial charge in [-0.25, -0.2) is 0 Å². The highest BCUT2D eigenvalue weighted by molar-refractivity contribution is 14.1. The smallest absolute Gasteiger partial charge is 0.123 e. The fraction of sp³-hybridized carbons (Fsp3) is 0.333. The Hall–Kier alpha value is -0.330.